The molecule has 0 aliphatic heterocycles. The molecule has 0 spiro atoms. The second-order valence-corrected chi connectivity index (χ2v) is 11.0. The van der Waals surface area contributed by atoms with Crippen molar-refractivity contribution < 1.29 is 14.1 Å². The first-order valence-electron chi connectivity index (χ1n) is 9.62. The number of hydrogen-bond acceptors (Lipinski definition) is 6. The summed E-state index contributed by atoms with van der Waals surface area (Å²) in [5.74, 6) is -0.311. The Morgan fingerprint density at radius 3 is 2.47 bits per heavy atom. The van der Waals surface area contributed by atoms with E-state index in [0.717, 1.165) is 30.4 Å². The van der Waals surface area contributed by atoms with Gasteiger partial charge in [-0.25, -0.2) is 14.2 Å². The molecule has 7 nitrogen and oxygen atoms in total. The van der Waals surface area contributed by atoms with Crippen molar-refractivity contribution in [1.82, 2.24) is 9.97 Å². The maximum atomic E-state index is 12.6. The zero-order valence-electron chi connectivity index (χ0n) is 16.3. The fourth-order valence-corrected chi connectivity index (χ4v) is 5.63. The van der Waals surface area contributed by atoms with Gasteiger partial charge in [0.05, 0.1) is 0 Å². The monoisotopic (exact) mass is 470 g/mol. The molecule has 1 aliphatic rings. The minimum absolute atomic E-state index is 0.0224. The van der Waals surface area contributed by atoms with Crippen LogP contribution in [0.2, 0.25) is 10.0 Å². The lowest BCUT2D eigenvalue weighted by Gasteiger charge is -2.40. The van der Waals surface area contributed by atoms with Crippen LogP contribution in [-0.2, 0) is 19.9 Å². The number of carboxylic acid groups (broad SMARTS) is 1. The van der Waals surface area contributed by atoms with E-state index in [1.165, 1.54) is 0 Å². The average molecular weight is 471 g/mol. The van der Waals surface area contributed by atoms with E-state index in [9.17, 15) is 9.00 Å². The summed E-state index contributed by atoms with van der Waals surface area (Å²) in [6, 6.07) is 4.15. The lowest BCUT2D eigenvalue weighted by atomic mass is 9.66. The van der Waals surface area contributed by atoms with Crippen molar-refractivity contribution in [2.75, 3.05) is 11.5 Å². The van der Waals surface area contributed by atoms with Crippen LogP contribution in [0.1, 0.15) is 37.9 Å². The highest BCUT2D eigenvalue weighted by atomic mass is 35.5. The van der Waals surface area contributed by atoms with E-state index in [1.807, 2.05) is 6.07 Å². The highest BCUT2D eigenvalue weighted by molar-refractivity contribution is 7.92. The quantitative estimate of drug-likeness (QED) is 0.505. The molecule has 4 N–H and O–H groups in total. The number of carboxylic acids is 1. The van der Waals surface area contributed by atoms with Gasteiger partial charge in [0.15, 0.2) is 0 Å². The lowest BCUT2D eigenvalue weighted by molar-refractivity contribution is -0.138. The summed E-state index contributed by atoms with van der Waals surface area (Å²) in [6.07, 6.45) is 6.77. The average Bonchev–Trinajstić information content (AvgIpc) is 2.66. The van der Waals surface area contributed by atoms with Crippen LogP contribution in [0.5, 0.6) is 0 Å². The summed E-state index contributed by atoms with van der Waals surface area (Å²) in [4.78, 5) is 19.9. The summed E-state index contributed by atoms with van der Waals surface area (Å²) in [7, 11) is -2.92. The molecular formula is C20H24Cl2N4O3S. The number of halogens is 2. The first kappa shape index (κ1) is 22.9. The zero-order chi connectivity index (χ0) is 21.9. The number of aromatic nitrogens is 2. The number of nitrogens with one attached hydrogen (secondary N) is 1. The van der Waals surface area contributed by atoms with Gasteiger partial charge in [-0.05, 0) is 37.8 Å². The Kier molecular flexibility index (Phi) is 7.02. The summed E-state index contributed by atoms with van der Waals surface area (Å²) >= 11 is 12.2. The van der Waals surface area contributed by atoms with Crippen molar-refractivity contribution in [3.8, 4) is 11.1 Å². The third-order valence-electron chi connectivity index (χ3n) is 5.67. The third-order valence-corrected chi connectivity index (χ3v) is 7.97. The molecule has 2 atom stereocenters. The number of benzene rings is 1. The molecule has 2 aromatic rings. The van der Waals surface area contributed by atoms with Gasteiger partial charge in [-0.15, -0.1) is 0 Å². The van der Waals surface area contributed by atoms with E-state index in [4.69, 9.17) is 38.8 Å². The van der Waals surface area contributed by atoms with Gasteiger partial charge in [0.25, 0.3) is 0 Å². The fraction of sp³-hybridized carbons (Fsp3) is 0.450. The Morgan fingerprint density at radius 1 is 1.27 bits per heavy atom. The number of nitrogens with two attached hydrogens (primary N) is 1. The number of hydrogen-bond donors (Lipinski definition) is 3. The van der Waals surface area contributed by atoms with Crippen molar-refractivity contribution in [1.29, 1.82) is 4.78 Å². The van der Waals surface area contributed by atoms with Crippen LogP contribution in [0.4, 0.5) is 0 Å². The molecule has 30 heavy (non-hydrogen) atoms. The first-order valence-corrected chi connectivity index (χ1v) is 12.3. The van der Waals surface area contributed by atoms with E-state index in [0.29, 0.717) is 22.3 Å². The van der Waals surface area contributed by atoms with Crippen LogP contribution < -0.4 is 5.73 Å². The van der Waals surface area contributed by atoms with Crippen LogP contribution in [0, 0.1) is 4.78 Å². The third kappa shape index (κ3) is 5.29. The van der Waals surface area contributed by atoms with E-state index in [-0.39, 0.29) is 23.3 Å². The van der Waals surface area contributed by atoms with Crippen LogP contribution in [0.25, 0.3) is 11.1 Å². The van der Waals surface area contributed by atoms with Gasteiger partial charge < -0.3 is 10.8 Å². The van der Waals surface area contributed by atoms with Crippen LogP contribution in [0.15, 0.2) is 30.6 Å². The Bertz CT molecular complexity index is 1020. The SMILES string of the molecule is N=S(=O)(CC[C@H](N)C(=O)O)CCC1(c2ncc(-c3ccc(Cl)cc3Cl)cn2)CCC1. The van der Waals surface area contributed by atoms with E-state index in [1.54, 1.807) is 24.5 Å². The van der Waals surface area contributed by atoms with Crippen molar-refractivity contribution in [2.45, 2.75) is 43.6 Å². The molecule has 1 aromatic carbocycles. The summed E-state index contributed by atoms with van der Waals surface area (Å²) in [5, 5.41) is 9.93. The van der Waals surface area contributed by atoms with Crippen molar-refractivity contribution in [3.05, 3.63) is 46.5 Å². The first-order chi connectivity index (χ1) is 14.1. The minimum Gasteiger partial charge on any atom is -0.480 e. The number of carbonyl (C=O) groups is 1. The molecule has 0 amide bonds. The molecular weight excluding hydrogens is 447 g/mol. The Labute approximate surface area is 186 Å². The smallest absolute Gasteiger partial charge is 0.320 e. The normalized spacial score (nSPS) is 18.2. The van der Waals surface area contributed by atoms with Crippen molar-refractivity contribution in [2.24, 2.45) is 5.73 Å². The fourth-order valence-electron chi connectivity index (χ4n) is 3.56. The van der Waals surface area contributed by atoms with Crippen LogP contribution >= 0.6 is 23.2 Å². The van der Waals surface area contributed by atoms with Gasteiger partial charge in [0, 0.05) is 60.2 Å². The summed E-state index contributed by atoms with van der Waals surface area (Å²) in [5.41, 5.74) is 6.75. The van der Waals surface area contributed by atoms with Gasteiger partial charge in [-0.3, -0.25) is 9.57 Å². The number of nitrogens with zero attached hydrogens (tertiary/aromatic N) is 2. The molecule has 0 radical (unpaired) electrons. The topological polar surface area (TPSA) is 130 Å². The Morgan fingerprint density at radius 2 is 1.93 bits per heavy atom. The molecule has 3 rings (SSSR count). The van der Waals surface area contributed by atoms with E-state index >= 15 is 0 Å². The van der Waals surface area contributed by atoms with Crippen LogP contribution in [-0.4, -0.2) is 42.8 Å². The van der Waals surface area contributed by atoms with Gasteiger partial charge >= 0.3 is 5.97 Å². The second-order valence-electron chi connectivity index (χ2n) is 7.76. The Balaban J connectivity index is 1.70. The van der Waals surface area contributed by atoms with Gasteiger partial charge in [-0.1, -0.05) is 35.7 Å². The largest absolute Gasteiger partial charge is 0.480 e. The van der Waals surface area contributed by atoms with Crippen molar-refractivity contribution in [3.63, 3.8) is 0 Å². The molecule has 1 heterocycles. The van der Waals surface area contributed by atoms with Crippen LogP contribution in [0.3, 0.4) is 0 Å². The molecule has 1 aromatic heterocycles. The highest BCUT2D eigenvalue weighted by Gasteiger charge is 2.41. The molecule has 1 aliphatic carbocycles. The lowest BCUT2D eigenvalue weighted by Crippen LogP contribution is -2.38. The number of rotatable bonds is 9. The zero-order valence-corrected chi connectivity index (χ0v) is 18.6. The molecule has 1 fully saturated rings. The van der Waals surface area contributed by atoms with E-state index < -0.39 is 21.7 Å². The molecule has 0 bridgehead atoms. The summed E-state index contributed by atoms with van der Waals surface area (Å²) < 4.78 is 20.7. The maximum Gasteiger partial charge on any atom is 0.320 e. The van der Waals surface area contributed by atoms with Gasteiger partial charge in [-0.2, -0.15) is 0 Å². The predicted octanol–water partition coefficient (Wildman–Crippen LogP) is 4.11. The maximum absolute atomic E-state index is 12.6. The highest BCUT2D eigenvalue weighted by Crippen LogP contribution is 2.45. The molecule has 1 saturated carbocycles. The molecule has 0 saturated heterocycles. The second kappa shape index (κ2) is 9.18. The molecule has 1 unspecified atom stereocenters. The summed E-state index contributed by atoms with van der Waals surface area (Å²) in [6.45, 7) is 0. The predicted molar refractivity (Wildman–Crippen MR) is 118 cm³/mol. The molecule has 10 heteroatoms. The van der Waals surface area contributed by atoms with Crippen molar-refractivity contribution >= 4 is 38.9 Å². The minimum atomic E-state index is -2.92. The molecule has 162 valence electrons. The van der Waals surface area contributed by atoms with Gasteiger partial charge in [0.2, 0.25) is 0 Å². The number of aliphatic carboxylic acids is 1. The van der Waals surface area contributed by atoms with E-state index in [2.05, 4.69) is 9.97 Å². The Hall–Kier alpha value is -1.74. The van der Waals surface area contributed by atoms with Gasteiger partial charge in [0.1, 0.15) is 11.9 Å². The standard InChI is InChI=1S/C20H24Cl2N4O3S/c21-14-2-3-15(16(22)10-14)13-11-25-19(26-12-13)20(5-1-6-20)7-9-30(24,29)8-4-17(23)18(27)28/h2-3,10-12,17,24H,1,4-9,23H2,(H,27,28)/t17-,30?/m0/s1.